The number of halogens is 1. The van der Waals surface area contributed by atoms with Crippen LogP contribution < -0.4 is 19.1 Å². The number of ether oxygens (including phenoxy) is 3. The van der Waals surface area contributed by atoms with Gasteiger partial charge in [-0.3, -0.25) is 9.59 Å². The van der Waals surface area contributed by atoms with Crippen LogP contribution in [-0.2, 0) is 9.59 Å². The fourth-order valence-corrected chi connectivity index (χ4v) is 5.87. The van der Waals surface area contributed by atoms with E-state index < -0.39 is 0 Å². The van der Waals surface area contributed by atoms with Crippen LogP contribution in [0.4, 0.5) is 5.69 Å². The van der Waals surface area contributed by atoms with Crippen molar-refractivity contribution in [1.82, 2.24) is 4.90 Å². The van der Waals surface area contributed by atoms with E-state index in [9.17, 15) is 9.59 Å². The van der Waals surface area contributed by atoms with Gasteiger partial charge in [0.25, 0.3) is 0 Å². The lowest BCUT2D eigenvalue weighted by molar-refractivity contribution is -0.136. The van der Waals surface area contributed by atoms with Crippen LogP contribution in [-0.4, -0.2) is 56.9 Å². The van der Waals surface area contributed by atoms with Crippen LogP contribution in [0.15, 0.2) is 40.9 Å². The lowest BCUT2D eigenvalue weighted by Crippen LogP contribution is -2.37. The molecule has 0 bridgehead atoms. The van der Waals surface area contributed by atoms with Crippen LogP contribution in [0.25, 0.3) is 0 Å². The first kappa shape index (κ1) is 22.8. The molecule has 2 aromatic carbocycles. The molecule has 9 heteroatoms. The Balaban J connectivity index is 1.58. The topological polar surface area (TPSA) is 68.3 Å². The Morgan fingerprint density at radius 2 is 1.78 bits per heavy atom. The van der Waals surface area contributed by atoms with Gasteiger partial charge in [-0.05, 0) is 24.3 Å². The number of nitrogens with zero attached hydrogens (tertiary/aromatic N) is 2. The number of thioether (sulfide) groups is 1. The Bertz CT molecular complexity index is 1030. The molecular weight excluding hydrogens is 496 g/mol. The Hall–Kier alpha value is -2.39. The van der Waals surface area contributed by atoms with E-state index in [1.165, 1.54) is 0 Å². The van der Waals surface area contributed by atoms with Gasteiger partial charge in [0, 0.05) is 47.1 Å². The summed E-state index contributed by atoms with van der Waals surface area (Å²) in [6, 6.07) is 11.2. The van der Waals surface area contributed by atoms with E-state index in [0.717, 1.165) is 21.5 Å². The van der Waals surface area contributed by atoms with Gasteiger partial charge in [-0.15, -0.1) is 11.8 Å². The molecule has 2 aliphatic heterocycles. The van der Waals surface area contributed by atoms with Gasteiger partial charge in [0.2, 0.25) is 11.8 Å². The molecule has 2 aliphatic rings. The predicted octanol–water partition coefficient (Wildman–Crippen LogP) is 4.10. The molecule has 2 amide bonds. The van der Waals surface area contributed by atoms with Crippen molar-refractivity contribution in [2.45, 2.75) is 11.8 Å². The molecular formula is C23H25BrN2O5S. The molecule has 2 fully saturated rings. The van der Waals surface area contributed by atoms with Crippen LogP contribution in [0, 0.1) is 5.92 Å². The Morgan fingerprint density at radius 3 is 2.47 bits per heavy atom. The monoisotopic (exact) mass is 520 g/mol. The number of rotatable bonds is 6. The van der Waals surface area contributed by atoms with Crippen molar-refractivity contribution >= 4 is 45.2 Å². The number of anilines is 1. The molecule has 2 unspecified atom stereocenters. The molecule has 0 radical (unpaired) electrons. The highest BCUT2D eigenvalue weighted by Crippen LogP contribution is 2.46. The SMILES string of the molecule is COc1cc(OC)c(C2SCCN2C(=O)C2CC(=O)N(c3cccc(Br)c3)C2)cc1OC. The smallest absolute Gasteiger partial charge is 0.229 e. The lowest BCUT2D eigenvalue weighted by Gasteiger charge is -2.28. The molecule has 0 aromatic heterocycles. The third kappa shape index (κ3) is 4.28. The quantitative estimate of drug-likeness (QED) is 0.571. The van der Waals surface area contributed by atoms with Crippen molar-refractivity contribution in [2.24, 2.45) is 5.92 Å². The molecule has 0 aliphatic carbocycles. The van der Waals surface area contributed by atoms with E-state index in [1.54, 1.807) is 44.1 Å². The van der Waals surface area contributed by atoms with Gasteiger partial charge >= 0.3 is 0 Å². The third-order valence-corrected chi connectivity index (χ3v) is 7.51. The number of hydrogen-bond acceptors (Lipinski definition) is 6. The molecule has 4 rings (SSSR count). The fraction of sp³-hybridized carbons (Fsp3) is 0.391. The van der Waals surface area contributed by atoms with E-state index >= 15 is 0 Å². The summed E-state index contributed by atoms with van der Waals surface area (Å²) in [5, 5.41) is -0.215. The summed E-state index contributed by atoms with van der Waals surface area (Å²) < 4.78 is 17.4. The van der Waals surface area contributed by atoms with Crippen molar-refractivity contribution in [2.75, 3.05) is 45.1 Å². The van der Waals surface area contributed by atoms with Crippen LogP contribution in [0.1, 0.15) is 17.4 Å². The van der Waals surface area contributed by atoms with Crippen molar-refractivity contribution in [1.29, 1.82) is 0 Å². The normalized spacial score (nSPS) is 20.6. The maximum atomic E-state index is 13.5. The number of hydrogen-bond donors (Lipinski definition) is 0. The first-order valence-electron chi connectivity index (χ1n) is 10.2. The third-order valence-electron chi connectivity index (χ3n) is 5.77. The van der Waals surface area contributed by atoms with E-state index in [-0.39, 0.29) is 29.5 Å². The minimum absolute atomic E-state index is 0.0114. The summed E-state index contributed by atoms with van der Waals surface area (Å²) >= 11 is 5.13. The van der Waals surface area contributed by atoms with Crippen molar-refractivity contribution in [3.8, 4) is 17.2 Å². The largest absolute Gasteiger partial charge is 0.496 e. The standard InChI is InChI=1S/C23H25BrN2O5S/c1-29-18-12-20(31-3)19(30-2)11-17(18)23-25(7-8-32-23)22(28)14-9-21(27)26(13-14)16-6-4-5-15(24)10-16/h4-6,10-12,14,23H,7-9,13H2,1-3H3. The molecule has 0 saturated carbocycles. The fourth-order valence-electron chi connectivity index (χ4n) is 4.20. The average molecular weight is 521 g/mol. The van der Waals surface area contributed by atoms with Crippen LogP contribution >= 0.6 is 27.7 Å². The number of methoxy groups -OCH3 is 3. The Kier molecular flexibility index (Phi) is 6.85. The molecule has 0 spiro atoms. The second-order valence-corrected chi connectivity index (χ2v) is 9.69. The highest BCUT2D eigenvalue weighted by atomic mass is 79.9. The van der Waals surface area contributed by atoms with E-state index in [0.29, 0.717) is 30.3 Å². The first-order valence-corrected chi connectivity index (χ1v) is 12.1. The summed E-state index contributed by atoms with van der Waals surface area (Å²) in [5.41, 5.74) is 1.66. The zero-order valence-corrected chi connectivity index (χ0v) is 20.6. The van der Waals surface area contributed by atoms with Gasteiger partial charge in [-0.25, -0.2) is 0 Å². The van der Waals surface area contributed by atoms with E-state index in [1.807, 2.05) is 35.2 Å². The summed E-state index contributed by atoms with van der Waals surface area (Å²) in [5.74, 6) is 2.17. The number of carbonyl (C=O) groups excluding carboxylic acids is 2. The van der Waals surface area contributed by atoms with Gasteiger partial charge in [0.15, 0.2) is 11.5 Å². The molecule has 2 aromatic rings. The molecule has 170 valence electrons. The minimum atomic E-state index is -0.381. The zero-order valence-electron chi connectivity index (χ0n) is 18.2. The number of benzene rings is 2. The minimum Gasteiger partial charge on any atom is -0.496 e. The van der Waals surface area contributed by atoms with Gasteiger partial charge in [-0.2, -0.15) is 0 Å². The summed E-state index contributed by atoms with van der Waals surface area (Å²) in [4.78, 5) is 29.8. The molecule has 2 saturated heterocycles. The second-order valence-electron chi connectivity index (χ2n) is 7.59. The van der Waals surface area contributed by atoms with Crippen LogP contribution in [0.2, 0.25) is 0 Å². The predicted molar refractivity (Wildman–Crippen MR) is 128 cm³/mol. The first-order chi connectivity index (χ1) is 15.5. The molecule has 32 heavy (non-hydrogen) atoms. The van der Waals surface area contributed by atoms with Gasteiger partial charge in [0.05, 0.1) is 27.2 Å². The zero-order chi connectivity index (χ0) is 22.8. The highest BCUT2D eigenvalue weighted by molar-refractivity contribution is 9.10. The second kappa shape index (κ2) is 9.62. The highest BCUT2D eigenvalue weighted by Gasteiger charge is 2.41. The lowest BCUT2D eigenvalue weighted by atomic mass is 10.1. The van der Waals surface area contributed by atoms with Crippen LogP contribution in [0.3, 0.4) is 0 Å². The van der Waals surface area contributed by atoms with Gasteiger partial charge < -0.3 is 24.0 Å². The molecule has 7 nitrogen and oxygen atoms in total. The summed E-state index contributed by atoms with van der Waals surface area (Å²) in [7, 11) is 4.76. The Labute approximate surface area is 200 Å². The maximum absolute atomic E-state index is 13.5. The Morgan fingerprint density at radius 1 is 1.06 bits per heavy atom. The van der Waals surface area contributed by atoms with Gasteiger partial charge in [-0.1, -0.05) is 22.0 Å². The number of carbonyl (C=O) groups is 2. The maximum Gasteiger partial charge on any atom is 0.229 e. The van der Waals surface area contributed by atoms with Gasteiger partial charge in [0.1, 0.15) is 11.1 Å². The average Bonchev–Trinajstić information content (AvgIpc) is 3.44. The summed E-state index contributed by atoms with van der Waals surface area (Å²) in [6.07, 6.45) is 0.211. The molecule has 2 heterocycles. The van der Waals surface area contributed by atoms with Crippen molar-refractivity contribution in [3.05, 3.63) is 46.4 Å². The van der Waals surface area contributed by atoms with Crippen molar-refractivity contribution < 1.29 is 23.8 Å². The molecule has 2 atom stereocenters. The van der Waals surface area contributed by atoms with Crippen LogP contribution in [0.5, 0.6) is 17.2 Å². The summed E-state index contributed by atoms with van der Waals surface area (Å²) in [6.45, 7) is 0.998. The molecule has 0 N–H and O–H groups in total. The number of amides is 2. The van der Waals surface area contributed by atoms with Crippen molar-refractivity contribution in [3.63, 3.8) is 0 Å². The van der Waals surface area contributed by atoms with E-state index in [2.05, 4.69) is 15.9 Å². The van der Waals surface area contributed by atoms with E-state index in [4.69, 9.17) is 14.2 Å².